The SMILES string of the molecule is O=C(c1ccc(O)c(O)c1)N1C[C@@H](O)[C@@H](O)C1. The predicted molar refractivity (Wildman–Crippen MR) is 57.7 cm³/mol. The highest BCUT2D eigenvalue weighted by Crippen LogP contribution is 2.26. The molecule has 2 atom stereocenters. The van der Waals surface area contributed by atoms with Crippen molar-refractivity contribution in [3.63, 3.8) is 0 Å². The molecule has 0 bridgehead atoms. The molecule has 1 aliphatic rings. The minimum absolute atomic E-state index is 0.0572. The number of likely N-dealkylation sites (tertiary alicyclic amines) is 1. The monoisotopic (exact) mass is 239 g/mol. The standard InChI is InChI=1S/C11H13NO5/c13-7-2-1-6(3-8(7)14)11(17)12-4-9(15)10(16)5-12/h1-3,9-10,13-16H,4-5H2/t9-,10+. The summed E-state index contributed by atoms with van der Waals surface area (Å²) >= 11 is 0. The van der Waals surface area contributed by atoms with Gasteiger partial charge in [-0.1, -0.05) is 0 Å². The van der Waals surface area contributed by atoms with Gasteiger partial charge in [-0.2, -0.15) is 0 Å². The first-order chi connectivity index (χ1) is 7.99. The summed E-state index contributed by atoms with van der Waals surface area (Å²) in [4.78, 5) is 13.2. The smallest absolute Gasteiger partial charge is 0.254 e. The van der Waals surface area contributed by atoms with Crippen molar-refractivity contribution in [3.8, 4) is 11.5 Å². The van der Waals surface area contributed by atoms with Crippen LogP contribution in [0.2, 0.25) is 0 Å². The molecule has 0 aliphatic carbocycles. The fourth-order valence-corrected chi connectivity index (χ4v) is 1.77. The van der Waals surface area contributed by atoms with Crippen LogP contribution in [-0.2, 0) is 0 Å². The number of carbonyl (C=O) groups excluding carboxylic acids is 1. The zero-order chi connectivity index (χ0) is 12.6. The maximum absolute atomic E-state index is 11.9. The Bertz CT molecular complexity index is 437. The molecule has 0 spiro atoms. The number of carbonyl (C=O) groups is 1. The molecular weight excluding hydrogens is 226 g/mol. The Hall–Kier alpha value is -1.79. The number of aliphatic hydroxyl groups is 2. The summed E-state index contributed by atoms with van der Waals surface area (Å²) in [5.41, 5.74) is 0.196. The van der Waals surface area contributed by atoms with E-state index in [9.17, 15) is 20.1 Å². The van der Waals surface area contributed by atoms with Gasteiger partial charge in [-0.05, 0) is 18.2 Å². The van der Waals surface area contributed by atoms with Crippen molar-refractivity contribution < 1.29 is 25.2 Å². The maximum Gasteiger partial charge on any atom is 0.254 e. The van der Waals surface area contributed by atoms with E-state index in [1.807, 2.05) is 0 Å². The van der Waals surface area contributed by atoms with Gasteiger partial charge < -0.3 is 25.3 Å². The van der Waals surface area contributed by atoms with Crippen LogP contribution in [0.1, 0.15) is 10.4 Å². The first-order valence-electron chi connectivity index (χ1n) is 5.16. The summed E-state index contributed by atoms with van der Waals surface area (Å²) in [5.74, 6) is -1.09. The highest BCUT2D eigenvalue weighted by molar-refractivity contribution is 5.95. The number of hydrogen-bond donors (Lipinski definition) is 4. The molecule has 2 rings (SSSR count). The van der Waals surface area contributed by atoms with Gasteiger partial charge in [0.15, 0.2) is 11.5 Å². The number of amides is 1. The number of benzene rings is 1. The molecule has 0 radical (unpaired) electrons. The quantitative estimate of drug-likeness (QED) is 0.484. The molecule has 1 aromatic rings. The van der Waals surface area contributed by atoms with Gasteiger partial charge in [0.1, 0.15) is 0 Å². The molecular formula is C11H13NO5. The van der Waals surface area contributed by atoms with Gasteiger partial charge in [0.25, 0.3) is 5.91 Å². The lowest BCUT2D eigenvalue weighted by molar-refractivity contribution is 0.0572. The van der Waals surface area contributed by atoms with Crippen LogP contribution in [0.15, 0.2) is 18.2 Å². The van der Waals surface area contributed by atoms with Crippen LogP contribution in [-0.4, -0.2) is 56.5 Å². The zero-order valence-electron chi connectivity index (χ0n) is 8.95. The number of aromatic hydroxyl groups is 2. The van der Waals surface area contributed by atoms with Gasteiger partial charge in [0.05, 0.1) is 12.2 Å². The number of hydrogen-bond acceptors (Lipinski definition) is 5. The Morgan fingerprint density at radius 1 is 1.12 bits per heavy atom. The Labute approximate surface area is 97.3 Å². The van der Waals surface area contributed by atoms with Crippen LogP contribution in [0.3, 0.4) is 0 Å². The fraction of sp³-hybridized carbons (Fsp3) is 0.364. The van der Waals surface area contributed by atoms with Crippen molar-refractivity contribution in [1.82, 2.24) is 4.90 Å². The molecule has 6 heteroatoms. The maximum atomic E-state index is 11.9. The second-order valence-corrected chi connectivity index (χ2v) is 4.05. The summed E-state index contributed by atoms with van der Waals surface area (Å²) in [6.07, 6.45) is -1.88. The highest BCUT2D eigenvalue weighted by Gasteiger charge is 2.33. The second-order valence-electron chi connectivity index (χ2n) is 4.05. The van der Waals surface area contributed by atoms with Gasteiger partial charge in [0, 0.05) is 18.7 Å². The topological polar surface area (TPSA) is 101 Å². The largest absolute Gasteiger partial charge is 0.504 e. The van der Waals surface area contributed by atoms with Gasteiger partial charge >= 0.3 is 0 Å². The zero-order valence-corrected chi connectivity index (χ0v) is 8.95. The van der Waals surface area contributed by atoms with Crippen LogP contribution in [0.25, 0.3) is 0 Å². The van der Waals surface area contributed by atoms with Gasteiger partial charge in [-0.25, -0.2) is 0 Å². The molecule has 1 heterocycles. The van der Waals surface area contributed by atoms with E-state index in [-0.39, 0.29) is 30.2 Å². The average molecular weight is 239 g/mol. The number of phenols is 2. The lowest BCUT2D eigenvalue weighted by Gasteiger charge is -2.15. The van der Waals surface area contributed by atoms with Crippen molar-refractivity contribution in [3.05, 3.63) is 23.8 Å². The van der Waals surface area contributed by atoms with Crippen molar-refractivity contribution in [2.75, 3.05) is 13.1 Å². The van der Waals surface area contributed by atoms with Crippen LogP contribution >= 0.6 is 0 Å². The van der Waals surface area contributed by atoms with E-state index < -0.39 is 18.1 Å². The van der Waals surface area contributed by atoms with Gasteiger partial charge in [0.2, 0.25) is 0 Å². The lowest BCUT2D eigenvalue weighted by atomic mass is 10.2. The average Bonchev–Trinajstić information content (AvgIpc) is 2.62. The molecule has 1 fully saturated rings. The molecule has 1 saturated heterocycles. The molecule has 92 valence electrons. The summed E-state index contributed by atoms with van der Waals surface area (Å²) < 4.78 is 0. The van der Waals surface area contributed by atoms with Crippen LogP contribution in [0.5, 0.6) is 11.5 Å². The van der Waals surface area contributed by atoms with Crippen LogP contribution in [0, 0.1) is 0 Å². The van der Waals surface area contributed by atoms with Gasteiger partial charge in [-0.3, -0.25) is 4.79 Å². The van der Waals surface area contributed by atoms with Crippen LogP contribution < -0.4 is 0 Å². The Kier molecular flexibility index (Phi) is 2.91. The third-order valence-electron chi connectivity index (χ3n) is 2.77. The third-order valence-corrected chi connectivity index (χ3v) is 2.77. The molecule has 0 saturated carbocycles. The molecule has 6 nitrogen and oxygen atoms in total. The molecule has 1 amide bonds. The van der Waals surface area contributed by atoms with Crippen LogP contribution in [0.4, 0.5) is 0 Å². The Balaban J connectivity index is 2.17. The highest BCUT2D eigenvalue weighted by atomic mass is 16.3. The molecule has 1 aromatic carbocycles. The van der Waals surface area contributed by atoms with Gasteiger partial charge in [-0.15, -0.1) is 0 Å². The van der Waals surface area contributed by atoms with Crippen molar-refractivity contribution in [2.24, 2.45) is 0 Å². The van der Waals surface area contributed by atoms with Crippen molar-refractivity contribution >= 4 is 5.91 Å². The third kappa shape index (κ3) is 2.17. The summed E-state index contributed by atoms with van der Waals surface area (Å²) in [6.45, 7) is 0.114. The summed E-state index contributed by atoms with van der Waals surface area (Å²) in [7, 11) is 0. The molecule has 1 aliphatic heterocycles. The lowest BCUT2D eigenvalue weighted by Crippen LogP contribution is -2.29. The number of nitrogens with zero attached hydrogens (tertiary/aromatic N) is 1. The second kappa shape index (κ2) is 4.23. The minimum atomic E-state index is -0.940. The first kappa shape index (κ1) is 11.7. The Morgan fingerprint density at radius 3 is 2.24 bits per heavy atom. The summed E-state index contributed by atoms with van der Waals surface area (Å²) in [5, 5.41) is 37.1. The van der Waals surface area contributed by atoms with E-state index in [2.05, 4.69) is 0 Å². The van der Waals surface area contributed by atoms with E-state index >= 15 is 0 Å². The predicted octanol–water partition coefficient (Wildman–Crippen LogP) is -0.725. The molecule has 4 N–H and O–H groups in total. The fourth-order valence-electron chi connectivity index (χ4n) is 1.77. The van der Waals surface area contributed by atoms with E-state index in [0.29, 0.717) is 0 Å². The van der Waals surface area contributed by atoms with Crippen molar-refractivity contribution in [1.29, 1.82) is 0 Å². The minimum Gasteiger partial charge on any atom is -0.504 e. The van der Waals surface area contributed by atoms with Crippen molar-refractivity contribution in [2.45, 2.75) is 12.2 Å². The normalized spacial score (nSPS) is 24.0. The number of rotatable bonds is 1. The first-order valence-corrected chi connectivity index (χ1v) is 5.16. The molecule has 17 heavy (non-hydrogen) atoms. The van der Waals surface area contributed by atoms with E-state index in [0.717, 1.165) is 6.07 Å². The number of β-amino-alcohol motifs (C(OH)–C–C–N with tert-alkyl or cyclic N) is 2. The molecule has 0 unspecified atom stereocenters. The molecule has 0 aromatic heterocycles. The van der Waals surface area contributed by atoms with E-state index in [4.69, 9.17) is 5.11 Å². The Morgan fingerprint density at radius 2 is 1.71 bits per heavy atom. The van der Waals surface area contributed by atoms with E-state index in [1.54, 1.807) is 0 Å². The number of aliphatic hydroxyl groups excluding tert-OH is 2. The van der Waals surface area contributed by atoms with E-state index in [1.165, 1.54) is 17.0 Å². The number of phenolic OH excluding ortho intramolecular Hbond substituents is 2. The summed E-state index contributed by atoms with van der Waals surface area (Å²) in [6, 6.07) is 3.73.